The van der Waals surface area contributed by atoms with Gasteiger partial charge in [0.15, 0.2) is 0 Å². The number of H-pyrrole nitrogens is 1. The number of aryl methyl sites for hydroxylation is 1. The lowest BCUT2D eigenvalue weighted by atomic mass is 10.0. The predicted molar refractivity (Wildman–Crippen MR) is 128 cm³/mol. The fourth-order valence-corrected chi connectivity index (χ4v) is 5.25. The summed E-state index contributed by atoms with van der Waals surface area (Å²) in [6, 6.07) is 6.41. The number of aromatic amines is 1. The molecule has 2 aliphatic rings. The van der Waals surface area contributed by atoms with Gasteiger partial charge in [-0.3, -0.25) is 9.78 Å². The lowest BCUT2D eigenvalue weighted by Crippen LogP contribution is -2.40. The van der Waals surface area contributed by atoms with Crippen molar-refractivity contribution in [3.8, 4) is 11.4 Å². The summed E-state index contributed by atoms with van der Waals surface area (Å²) >= 11 is 0. The number of hydrogen-bond acceptors (Lipinski definition) is 5. The SMILES string of the molecule is Cc1cccc2[nH]c(-c3cncc(C(=O)N(C)C4CCCC4)c3N3CC[C@](C)(N)C3)nc12. The maximum atomic E-state index is 13.7. The summed E-state index contributed by atoms with van der Waals surface area (Å²) in [6.45, 7) is 5.63. The van der Waals surface area contributed by atoms with Crippen LogP contribution in [0.5, 0.6) is 0 Å². The van der Waals surface area contributed by atoms with Gasteiger partial charge in [-0.1, -0.05) is 25.0 Å². The summed E-state index contributed by atoms with van der Waals surface area (Å²) in [5.41, 5.74) is 11.6. The summed E-state index contributed by atoms with van der Waals surface area (Å²) in [5, 5.41) is 0. The number of nitrogens with one attached hydrogen (secondary N) is 1. The Bertz CT molecular complexity index is 1160. The van der Waals surface area contributed by atoms with Gasteiger partial charge >= 0.3 is 0 Å². The molecule has 0 radical (unpaired) electrons. The normalized spacial score (nSPS) is 21.6. The van der Waals surface area contributed by atoms with Crippen LogP contribution in [0.25, 0.3) is 22.4 Å². The van der Waals surface area contributed by atoms with E-state index in [9.17, 15) is 4.79 Å². The summed E-state index contributed by atoms with van der Waals surface area (Å²) in [4.78, 5) is 30.7. The number of imidazole rings is 1. The lowest BCUT2D eigenvalue weighted by molar-refractivity contribution is 0.0735. The second-order valence-corrected chi connectivity index (χ2v) is 9.82. The van der Waals surface area contributed by atoms with E-state index in [0.717, 1.165) is 59.5 Å². The molecule has 0 spiro atoms. The molecule has 2 fully saturated rings. The number of aromatic nitrogens is 3. The molecule has 1 saturated heterocycles. The zero-order chi connectivity index (χ0) is 22.5. The molecule has 5 rings (SSSR count). The van der Waals surface area contributed by atoms with Crippen molar-refractivity contribution in [3.63, 3.8) is 0 Å². The second kappa shape index (κ2) is 7.89. The number of carbonyl (C=O) groups is 1. The number of amides is 1. The average Bonchev–Trinajstić information content (AvgIpc) is 3.52. The smallest absolute Gasteiger partial charge is 0.257 e. The summed E-state index contributed by atoms with van der Waals surface area (Å²) < 4.78 is 0. The Labute approximate surface area is 189 Å². The van der Waals surface area contributed by atoms with Crippen LogP contribution in [0.2, 0.25) is 0 Å². The lowest BCUT2D eigenvalue weighted by Gasteiger charge is -2.29. The van der Waals surface area contributed by atoms with E-state index in [1.165, 1.54) is 12.8 Å². The molecule has 1 atom stereocenters. The van der Waals surface area contributed by atoms with Gasteiger partial charge in [0, 0.05) is 44.1 Å². The van der Waals surface area contributed by atoms with Gasteiger partial charge in [-0.05, 0) is 44.7 Å². The van der Waals surface area contributed by atoms with Crippen molar-refractivity contribution >= 4 is 22.6 Å². The van der Waals surface area contributed by atoms with Crippen LogP contribution < -0.4 is 10.6 Å². The van der Waals surface area contributed by atoms with Gasteiger partial charge in [0.25, 0.3) is 5.91 Å². The maximum Gasteiger partial charge on any atom is 0.257 e. The fourth-order valence-electron chi connectivity index (χ4n) is 5.25. The minimum Gasteiger partial charge on any atom is -0.368 e. The molecule has 32 heavy (non-hydrogen) atoms. The first kappa shape index (κ1) is 20.9. The molecular weight excluding hydrogens is 400 g/mol. The number of hydrogen-bond donors (Lipinski definition) is 2. The molecule has 1 saturated carbocycles. The third kappa shape index (κ3) is 3.64. The Morgan fingerprint density at radius 1 is 1.28 bits per heavy atom. The highest BCUT2D eigenvalue weighted by molar-refractivity contribution is 6.03. The number of nitrogens with zero attached hydrogens (tertiary/aromatic N) is 4. The van der Waals surface area contributed by atoms with Crippen LogP contribution in [0.4, 0.5) is 5.69 Å². The second-order valence-electron chi connectivity index (χ2n) is 9.82. The Morgan fingerprint density at radius 3 is 2.75 bits per heavy atom. The van der Waals surface area contributed by atoms with Crippen LogP contribution in [0.15, 0.2) is 30.6 Å². The number of rotatable bonds is 4. The molecule has 1 aromatic carbocycles. The van der Waals surface area contributed by atoms with E-state index in [0.29, 0.717) is 18.2 Å². The summed E-state index contributed by atoms with van der Waals surface area (Å²) in [6.07, 6.45) is 8.91. The van der Waals surface area contributed by atoms with Crippen LogP contribution in [0.1, 0.15) is 54.9 Å². The standard InChI is InChI=1S/C25H32N6O/c1-16-7-6-10-20-21(16)29-23(28-20)18-13-27-14-19(22(18)31-12-11-25(2,26)15-31)24(32)30(3)17-8-4-5-9-17/h6-7,10,13-14,17H,4-5,8-9,11-12,15,26H2,1-3H3,(H,28,29)/t25-/m0/s1. The third-order valence-electron chi connectivity index (χ3n) is 7.13. The van der Waals surface area contributed by atoms with E-state index in [-0.39, 0.29) is 11.4 Å². The molecule has 3 heterocycles. The van der Waals surface area contributed by atoms with Gasteiger partial charge in [0.2, 0.25) is 0 Å². The Hall–Kier alpha value is -2.93. The number of nitrogens with two attached hydrogens (primary N) is 1. The van der Waals surface area contributed by atoms with Crippen LogP contribution in [0.3, 0.4) is 0 Å². The Kier molecular flexibility index (Phi) is 5.16. The molecule has 1 aliphatic heterocycles. The van der Waals surface area contributed by atoms with E-state index < -0.39 is 0 Å². The zero-order valence-electron chi connectivity index (χ0n) is 19.2. The Balaban J connectivity index is 1.64. The fraction of sp³-hybridized carbons (Fsp3) is 0.480. The highest BCUT2D eigenvalue weighted by Crippen LogP contribution is 2.37. The first-order valence-electron chi connectivity index (χ1n) is 11.6. The molecule has 7 nitrogen and oxygen atoms in total. The number of anilines is 1. The predicted octanol–water partition coefficient (Wildman–Crippen LogP) is 3.88. The molecule has 1 aliphatic carbocycles. The van der Waals surface area contributed by atoms with E-state index in [1.807, 2.05) is 30.3 Å². The quantitative estimate of drug-likeness (QED) is 0.653. The minimum atomic E-state index is -0.289. The van der Waals surface area contributed by atoms with Crippen molar-refractivity contribution < 1.29 is 4.79 Å². The molecule has 2 aromatic heterocycles. The van der Waals surface area contributed by atoms with Crippen LogP contribution in [-0.4, -0.2) is 57.5 Å². The summed E-state index contributed by atoms with van der Waals surface area (Å²) in [5.74, 6) is 0.764. The van der Waals surface area contributed by atoms with E-state index in [2.05, 4.69) is 34.8 Å². The summed E-state index contributed by atoms with van der Waals surface area (Å²) in [7, 11) is 1.93. The molecular formula is C25H32N6O. The molecule has 1 amide bonds. The molecule has 168 valence electrons. The monoisotopic (exact) mass is 432 g/mol. The van der Waals surface area contributed by atoms with E-state index >= 15 is 0 Å². The van der Waals surface area contributed by atoms with Gasteiger partial charge in [-0.25, -0.2) is 4.98 Å². The van der Waals surface area contributed by atoms with E-state index in [4.69, 9.17) is 10.7 Å². The van der Waals surface area contributed by atoms with E-state index in [1.54, 1.807) is 6.20 Å². The third-order valence-corrected chi connectivity index (χ3v) is 7.13. The largest absolute Gasteiger partial charge is 0.368 e. The number of carbonyl (C=O) groups excluding carboxylic acids is 1. The molecule has 0 bridgehead atoms. The first-order chi connectivity index (χ1) is 15.3. The van der Waals surface area contributed by atoms with Crippen molar-refractivity contribution in [2.75, 3.05) is 25.0 Å². The van der Waals surface area contributed by atoms with Crippen LogP contribution >= 0.6 is 0 Å². The number of pyridine rings is 1. The number of fused-ring (bicyclic) bond motifs is 1. The van der Waals surface area contributed by atoms with Crippen LogP contribution in [0, 0.1) is 6.92 Å². The van der Waals surface area contributed by atoms with Crippen molar-refractivity contribution in [1.29, 1.82) is 0 Å². The van der Waals surface area contributed by atoms with Crippen molar-refractivity contribution in [1.82, 2.24) is 19.9 Å². The van der Waals surface area contributed by atoms with Gasteiger partial charge in [0.05, 0.1) is 27.8 Å². The maximum absolute atomic E-state index is 13.7. The van der Waals surface area contributed by atoms with Crippen molar-refractivity contribution in [3.05, 3.63) is 41.7 Å². The highest BCUT2D eigenvalue weighted by atomic mass is 16.2. The minimum absolute atomic E-state index is 0.0270. The number of benzene rings is 1. The first-order valence-corrected chi connectivity index (χ1v) is 11.6. The van der Waals surface area contributed by atoms with Gasteiger partial charge in [-0.2, -0.15) is 0 Å². The molecule has 3 aromatic rings. The van der Waals surface area contributed by atoms with Gasteiger partial charge in [0.1, 0.15) is 5.82 Å². The topological polar surface area (TPSA) is 91.1 Å². The van der Waals surface area contributed by atoms with Crippen LogP contribution in [-0.2, 0) is 0 Å². The van der Waals surface area contributed by atoms with Gasteiger partial charge in [-0.15, -0.1) is 0 Å². The van der Waals surface area contributed by atoms with Crippen molar-refractivity contribution in [2.45, 2.75) is 57.5 Å². The van der Waals surface area contributed by atoms with Crippen molar-refractivity contribution in [2.24, 2.45) is 5.73 Å². The zero-order valence-corrected chi connectivity index (χ0v) is 19.2. The molecule has 0 unspecified atom stereocenters. The number of para-hydroxylation sites is 1. The molecule has 7 heteroatoms. The van der Waals surface area contributed by atoms with Gasteiger partial charge < -0.3 is 20.5 Å². The molecule has 3 N–H and O–H groups in total. The Morgan fingerprint density at radius 2 is 2.06 bits per heavy atom. The average molecular weight is 433 g/mol. The highest BCUT2D eigenvalue weighted by Gasteiger charge is 2.35.